The predicted octanol–water partition coefficient (Wildman–Crippen LogP) is 4.97. The number of aryl methyl sites for hydroxylation is 2. The van der Waals surface area contributed by atoms with Crippen LogP contribution < -0.4 is 10.1 Å². The van der Waals surface area contributed by atoms with Crippen LogP contribution >= 0.6 is 0 Å². The molecule has 1 aliphatic rings. The van der Waals surface area contributed by atoms with Crippen LogP contribution in [0.15, 0.2) is 60.7 Å². The number of nitrogens with one attached hydrogen (secondary N) is 1. The Labute approximate surface area is 160 Å². The highest BCUT2D eigenvalue weighted by Crippen LogP contribution is 2.27. The lowest BCUT2D eigenvalue weighted by Gasteiger charge is -2.20. The zero-order valence-electron chi connectivity index (χ0n) is 15.9. The fourth-order valence-electron chi connectivity index (χ4n) is 3.82. The summed E-state index contributed by atoms with van der Waals surface area (Å²) < 4.78 is 5.99. The first-order chi connectivity index (χ1) is 13.1. The van der Waals surface area contributed by atoms with E-state index in [1.165, 1.54) is 24.0 Å². The molecule has 1 aliphatic carbocycles. The number of hydrogen-bond acceptors (Lipinski definition) is 2. The van der Waals surface area contributed by atoms with E-state index in [9.17, 15) is 4.79 Å². The van der Waals surface area contributed by atoms with E-state index in [0.717, 1.165) is 28.5 Å². The van der Waals surface area contributed by atoms with Crippen molar-refractivity contribution in [3.05, 3.63) is 77.4 Å². The first-order valence-corrected chi connectivity index (χ1v) is 9.68. The standard InChI is InChI=1S/C24H25NO2/c1-16(20-14-13-18-8-5-10-21(18)15-20)25-24(26)17(2)27-23-12-6-9-19-7-3-4-11-22(19)23/h3-4,6-7,9,11-17H,5,8,10H2,1-2H3,(H,25,26). The quantitative estimate of drug-likeness (QED) is 0.698. The van der Waals surface area contributed by atoms with Crippen molar-refractivity contribution in [3.8, 4) is 5.75 Å². The molecule has 3 nitrogen and oxygen atoms in total. The summed E-state index contributed by atoms with van der Waals surface area (Å²) in [6.07, 6.45) is 2.99. The molecular weight excluding hydrogens is 334 g/mol. The normalized spacial score (nSPS) is 15.2. The van der Waals surface area contributed by atoms with Crippen LogP contribution in [0.5, 0.6) is 5.75 Å². The minimum absolute atomic E-state index is 0.0398. The maximum absolute atomic E-state index is 12.7. The van der Waals surface area contributed by atoms with Crippen LogP contribution in [-0.4, -0.2) is 12.0 Å². The first kappa shape index (κ1) is 17.6. The predicted molar refractivity (Wildman–Crippen MR) is 109 cm³/mol. The van der Waals surface area contributed by atoms with Crippen molar-refractivity contribution in [1.29, 1.82) is 0 Å². The maximum Gasteiger partial charge on any atom is 0.261 e. The van der Waals surface area contributed by atoms with E-state index in [1.807, 2.05) is 49.4 Å². The van der Waals surface area contributed by atoms with Gasteiger partial charge in [-0.05, 0) is 61.3 Å². The van der Waals surface area contributed by atoms with Gasteiger partial charge in [0.15, 0.2) is 6.10 Å². The molecule has 27 heavy (non-hydrogen) atoms. The smallest absolute Gasteiger partial charge is 0.261 e. The second-order valence-electron chi connectivity index (χ2n) is 7.35. The minimum Gasteiger partial charge on any atom is -0.480 e. The van der Waals surface area contributed by atoms with Crippen LogP contribution in [0, 0.1) is 0 Å². The molecule has 0 radical (unpaired) electrons. The van der Waals surface area contributed by atoms with Crippen molar-refractivity contribution in [3.63, 3.8) is 0 Å². The lowest BCUT2D eigenvalue weighted by atomic mass is 10.0. The molecular formula is C24H25NO2. The SMILES string of the molecule is CC(Oc1cccc2ccccc12)C(=O)NC(C)c1ccc2c(c1)CCC2. The van der Waals surface area contributed by atoms with Crippen molar-refractivity contribution in [2.45, 2.75) is 45.3 Å². The maximum atomic E-state index is 12.7. The molecule has 4 rings (SSSR count). The number of hydrogen-bond donors (Lipinski definition) is 1. The van der Waals surface area contributed by atoms with Gasteiger partial charge in [-0.2, -0.15) is 0 Å². The number of benzene rings is 3. The summed E-state index contributed by atoms with van der Waals surface area (Å²) in [5, 5.41) is 5.22. The van der Waals surface area contributed by atoms with Gasteiger partial charge in [-0.3, -0.25) is 4.79 Å². The van der Waals surface area contributed by atoms with Crippen LogP contribution in [0.3, 0.4) is 0 Å². The lowest BCUT2D eigenvalue weighted by Crippen LogP contribution is -2.37. The number of fused-ring (bicyclic) bond motifs is 2. The van der Waals surface area contributed by atoms with Gasteiger partial charge in [0, 0.05) is 5.39 Å². The molecule has 0 heterocycles. The Morgan fingerprint density at radius 3 is 2.63 bits per heavy atom. The lowest BCUT2D eigenvalue weighted by molar-refractivity contribution is -0.127. The van der Waals surface area contributed by atoms with Crippen molar-refractivity contribution in [2.75, 3.05) is 0 Å². The molecule has 1 N–H and O–H groups in total. The molecule has 0 bridgehead atoms. The third-order valence-electron chi connectivity index (χ3n) is 5.40. The van der Waals surface area contributed by atoms with E-state index >= 15 is 0 Å². The molecule has 2 unspecified atom stereocenters. The van der Waals surface area contributed by atoms with Crippen molar-refractivity contribution >= 4 is 16.7 Å². The third kappa shape index (κ3) is 3.68. The summed E-state index contributed by atoms with van der Waals surface area (Å²) in [7, 11) is 0. The van der Waals surface area contributed by atoms with E-state index in [1.54, 1.807) is 6.92 Å². The Morgan fingerprint density at radius 2 is 1.74 bits per heavy atom. The van der Waals surface area contributed by atoms with Gasteiger partial charge in [0.05, 0.1) is 6.04 Å². The Hall–Kier alpha value is -2.81. The Kier molecular flexibility index (Phi) is 4.85. The van der Waals surface area contributed by atoms with E-state index in [4.69, 9.17) is 4.74 Å². The second kappa shape index (κ2) is 7.43. The van der Waals surface area contributed by atoms with Gasteiger partial charge in [-0.15, -0.1) is 0 Å². The number of carbonyl (C=O) groups is 1. The van der Waals surface area contributed by atoms with Crippen molar-refractivity contribution in [2.24, 2.45) is 0 Å². The topological polar surface area (TPSA) is 38.3 Å². The third-order valence-corrected chi connectivity index (χ3v) is 5.40. The van der Waals surface area contributed by atoms with E-state index < -0.39 is 6.10 Å². The fourth-order valence-corrected chi connectivity index (χ4v) is 3.82. The average molecular weight is 359 g/mol. The molecule has 0 aliphatic heterocycles. The van der Waals surface area contributed by atoms with Crippen LogP contribution in [-0.2, 0) is 17.6 Å². The molecule has 2 atom stereocenters. The average Bonchev–Trinajstić information content (AvgIpc) is 3.16. The van der Waals surface area contributed by atoms with E-state index in [-0.39, 0.29) is 11.9 Å². The fraction of sp³-hybridized carbons (Fsp3) is 0.292. The van der Waals surface area contributed by atoms with Crippen molar-refractivity contribution < 1.29 is 9.53 Å². The van der Waals surface area contributed by atoms with Gasteiger partial charge in [0.1, 0.15) is 5.75 Å². The molecule has 1 amide bonds. The van der Waals surface area contributed by atoms with Crippen molar-refractivity contribution in [1.82, 2.24) is 5.32 Å². The van der Waals surface area contributed by atoms with Crippen LogP contribution in [0.25, 0.3) is 10.8 Å². The number of rotatable bonds is 5. The molecule has 0 spiro atoms. The van der Waals surface area contributed by atoms with Gasteiger partial charge >= 0.3 is 0 Å². The second-order valence-corrected chi connectivity index (χ2v) is 7.35. The number of carbonyl (C=O) groups excluding carboxylic acids is 1. The van der Waals surface area contributed by atoms with Crippen LogP contribution in [0.4, 0.5) is 0 Å². The Morgan fingerprint density at radius 1 is 0.963 bits per heavy atom. The summed E-state index contributed by atoms with van der Waals surface area (Å²) in [5.41, 5.74) is 4.03. The monoisotopic (exact) mass is 359 g/mol. The first-order valence-electron chi connectivity index (χ1n) is 9.68. The number of amides is 1. The van der Waals surface area contributed by atoms with Gasteiger partial charge < -0.3 is 10.1 Å². The summed E-state index contributed by atoms with van der Waals surface area (Å²) in [5.74, 6) is 0.636. The van der Waals surface area contributed by atoms with Gasteiger partial charge in [-0.1, -0.05) is 54.6 Å². The molecule has 0 saturated heterocycles. The Bertz CT molecular complexity index is 974. The van der Waals surface area contributed by atoms with E-state index in [0.29, 0.717) is 0 Å². The molecule has 3 aromatic rings. The molecule has 3 aromatic carbocycles. The Balaban J connectivity index is 1.44. The number of ether oxygens (including phenoxy) is 1. The highest BCUT2D eigenvalue weighted by Gasteiger charge is 2.20. The minimum atomic E-state index is -0.562. The molecule has 3 heteroatoms. The molecule has 0 saturated carbocycles. The van der Waals surface area contributed by atoms with E-state index in [2.05, 4.69) is 23.5 Å². The van der Waals surface area contributed by atoms with Gasteiger partial charge in [0.2, 0.25) is 0 Å². The van der Waals surface area contributed by atoms with Gasteiger partial charge in [0.25, 0.3) is 5.91 Å². The summed E-state index contributed by atoms with van der Waals surface area (Å²) in [6, 6.07) is 20.5. The summed E-state index contributed by atoms with van der Waals surface area (Å²) in [6.45, 7) is 3.83. The van der Waals surface area contributed by atoms with Gasteiger partial charge in [-0.25, -0.2) is 0 Å². The largest absolute Gasteiger partial charge is 0.480 e. The zero-order valence-corrected chi connectivity index (χ0v) is 15.9. The zero-order chi connectivity index (χ0) is 18.8. The highest BCUT2D eigenvalue weighted by atomic mass is 16.5. The van der Waals surface area contributed by atoms with Crippen LogP contribution in [0.1, 0.15) is 43.0 Å². The molecule has 0 fully saturated rings. The molecule has 0 aromatic heterocycles. The summed E-state index contributed by atoms with van der Waals surface area (Å²) in [4.78, 5) is 12.7. The highest BCUT2D eigenvalue weighted by molar-refractivity contribution is 5.89. The summed E-state index contributed by atoms with van der Waals surface area (Å²) >= 11 is 0. The van der Waals surface area contributed by atoms with Crippen LogP contribution in [0.2, 0.25) is 0 Å². The molecule has 138 valence electrons.